The second kappa shape index (κ2) is 5.42. The molecule has 0 saturated carbocycles. The van der Waals surface area contributed by atoms with E-state index in [0.717, 1.165) is 12.8 Å². The molecule has 2 heterocycles. The van der Waals surface area contributed by atoms with Gasteiger partial charge in [-0.2, -0.15) is 5.26 Å². The molecule has 92 valence electrons. The zero-order valence-corrected chi connectivity index (χ0v) is 10.5. The summed E-state index contributed by atoms with van der Waals surface area (Å²) in [5.74, 6) is 0.373. The quantitative estimate of drug-likeness (QED) is 0.879. The van der Waals surface area contributed by atoms with Gasteiger partial charge in [0.25, 0.3) is 5.91 Å². The van der Waals surface area contributed by atoms with Gasteiger partial charge in [-0.25, -0.2) is 4.98 Å². The summed E-state index contributed by atoms with van der Waals surface area (Å²) in [5.41, 5.74) is 0.442. The Morgan fingerprint density at radius 2 is 2.50 bits per heavy atom. The lowest BCUT2D eigenvalue weighted by molar-refractivity contribution is 0.101. The maximum Gasteiger partial charge on any atom is 0.295 e. The number of nitriles is 1. The van der Waals surface area contributed by atoms with E-state index in [9.17, 15) is 4.79 Å². The topological polar surface area (TPSA) is 94.5 Å². The molecule has 7 heteroatoms. The van der Waals surface area contributed by atoms with E-state index in [-0.39, 0.29) is 5.82 Å². The van der Waals surface area contributed by atoms with Gasteiger partial charge in [0.15, 0.2) is 0 Å². The third-order valence-electron chi connectivity index (χ3n) is 2.23. The molecule has 0 aliphatic carbocycles. The van der Waals surface area contributed by atoms with Crippen LogP contribution in [0.15, 0.2) is 11.4 Å². The van der Waals surface area contributed by atoms with E-state index in [4.69, 9.17) is 5.26 Å². The van der Waals surface area contributed by atoms with Crippen LogP contribution in [0.2, 0.25) is 0 Å². The van der Waals surface area contributed by atoms with Crippen LogP contribution < -0.4 is 5.32 Å². The highest BCUT2D eigenvalue weighted by atomic mass is 32.1. The molecule has 18 heavy (non-hydrogen) atoms. The fourth-order valence-electron chi connectivity index (χ4n) is 1.40. The van der Waals surface area contributed by atoms with Crippen LogP contribution in [0, 0.1) is 11.3 Å². The van der Waals surface area contributed by atoms with Crippen LogP contribution >= 0.6 is 11.3 Å². The molecule has 2 N–H and O–H groups in total. The smallest absolute Gasteiger partial charge is 0.295 e. The zero-order chi connectivity index (χ0) is 13.0. The van der Waals surface area contributed by atoms with Gasteiger partial charge in [-0.05, 0) is 17.9 Å². The largest absolute Gasteiger partial charge is 0.310 e. The predicted molar refractivity (Wildman–Crippen MR) is 67.4 cm³/mol. The van der Waals surface area contributed by atoms with E-state index < -0.39 is 5.91 Å². The number of thiophene rings is 1. The highest BCUT2D eigenvalue weighted by Gasteiger charge is 2.14. The first kappa shape index (κ1) is 12.3. The number of aromatic nitrogens is 3. The Morgan fingerprint density at radius 3 is 3.22 bits per heavy atom. The highest BCUT2D eigenvalue weighted by Crippen LogP contribution is 2.22. The number of amides is 1. The summed E-state index contributed by atoms with van der Waals surface area (Å²) in [6, 6.07) is 3.66. The number of rotatable bonds is 4. The average molecular weight is 261 g/mol. The summed E-state index contributed by atoms with van der Waals surface area (Å²) >= 11 is 1.29. The molecule has 2 rings (SSSR count). The Hall–Kier alpha value is -2.20. The van der Waals surface area contributed by atoms with Crippen LogP contribution in [0.5, 0.6) is 0 Å². The van der Waals surface area contributed by atoms with E-state index in [1.165, 1.54) is 11.3 Å². The Kier molecular flexibility index (Phi) is 3.69. The first-order chi connectivity index (χ1) is 8.74. The van der Waals surface area contributed by atoms with Gasteiger partial charge in [0.1, 0.15) is 16.9 Å². The summed E-state index contributed by atoms with van der Waals surface area (Å²) in [6.07, 6.45) is 1.68. The summed E-state index contributed by atoms with van der Waals surface area (Å²) in [6.45, 7) is 2.02. The minimum absolute atomic E-state index is 0.0933. The van der Waals surface area contributed by atoms with E-state index in [1.54, 1.807) is 11.4 Å². The fourth-order valence-corrected chi connectivity index (χ4v) is 2.13. The molecule has 0 spiro atoms. The zero-order valence-electron chi connectivity index (χ0n) is 9.73. The van der Waals surface area contributed by atoms with Crippen molar-refractivity contribution in [1.29, 1.82) is 5.26 Å². The van der Waals surface area contributed by atoms with Crippen LogP contribution in [0.25, 0.3) is 0 Å². The van der Waals surface area contributed by atoms with Crippen LogP contribution in [0.4, 0.5) is 5.00 Å². The maximum absolute atomic E-state index is 11.8. The molecule has 0 fully saturated rings. The minimum Gasteiger partial charge on any atom is -0.310 e. The number of carbonyl (C=O) groups excluding carboxylic acids is 1. The number of hydrogen-bond acceptors (Lipinski definition) is 5. The van der Waals surface area contributed by atoms with Crippen molar-refractivity contribution in [2.45, 2.75) is 19.8 Å². The molecule has 0 aromatic carbocycles. The van der Waals surface area contributed by atoms with Gasteiger partial charge in [0.2, 0.25) is 5.82 Å². The van der Waals surface area contributed by atoms with Crippen molar-refractivity contribution in [3.8, 4) is 6.07 Å². The van der Waals surface area contributed by atoms with Crippen molar-refractivity contribution in [1.82, 2.24) is 15.2 Å². The number of nitrogens with one attached hydrogen (secondary N) is 2. The Balaban J connectivity index is 2.10. The van der Waals surface area contributed by atoms with Crippen molar-refractivity contribution in [2.24, 2.45) is 0 Å². The number of H-pyrrole nitrogens is 1. The summed E-state index contributed by atoms with van der Waals surface area (Å²) in [5, 5.41) is 20.3. The molecule has 0 aliphatic rings. The second-order valence-corrected chi connectivity index (χ2v) is 4.50. The number of aromatic amines is 1. The molecular formula is C11H11N5OS. The van der Waals surface area contributed by atoms with Gasteiger partial charge in [-0.3, -0.25) is 9.89 Å². The number of carbonyl (C=O) groups is 1. The van der Waals surface area contributed by atoms with Crippen molar-refractivity contribution < 1.29 is 4.79 Å². The average Bonchev–Trinajstić information content (AvgIpc) is 2.98. The van der Waals surface area contributed by atoms with Gasteiger partial charge in [-0.15, -0.1) is 16.4 Å². The van der Waals surface area contributed by atoms with Gasteiger partial charge >= 0.3 is 0 Å². The molecule has 1 amide bonds. The van der Waals surface area contributed by atoms with E-state index in [2.05, 4.69) is 20.5 Å². The van der Waals surface area contributed by atoms with Crippen molar-refractivity contribution in [3.05, 3.63) is 28.7 Å². The molecule has 0 atom stereocenters. The monoisotopic (exact) mass is 261 g/mol. The normalized spacial score (nSPS) is 10.0. The molecule has 0 aliphatic heterocycles. The van der Waals surface area contributed by atoms with Gasteiger partial charge in [0, 0.05) is 6.42 Å². The molecule has 2 aromatic rings. The van der Waals surface area contributed by atoms with Crippen molar-refractivity contribution >= 4 is 22.2 Å². The molecular weight excluding hydrogens is 250 g/mol. The van der Waals surface area contributed by atoms with Crippen LogP contribution in [0.3, 0.4) is 0 Å². The van der Waals surface area contributed by atoms with Gasteiger partial charge in [0.05, 0.1) is 5.56 Å². The maximum atomic E-state index is 11.8. The lowest BCUT2D eigenvalue weighted by Gasteiger charge is -1.98. The van der Waals surface area contributed by atoms with E-state index in [1.807, 2.05) is 13.0 Å². The Bertz CT molecular complexity index is 595. The van der Waals surface area contributed by atoms with E-state index in [0.29, 0.717) is 16.4 Å². The third-order valence-corrected chi connectivity index (χ3v) is 3.06. The second-order valence-electron chi connectivity index (χ2n) is 3.59. The van der Waals surface area contributed by atoms with Crippen LogP contribution in [-0.2, 0) is 6.42 Å². The Labute approximate surface area is 108 Å². The Morgan fingerprint density at radius 1 is 1.67 bits per heavy atom. The fraction of sp³-hybridized carbons (Fsp3) is 0.273. The molecule has 0 saturated heterocycles. The number of hydrogen-bond donors (Lipinski definition) is 2. The summed E-state index contributed by atoms with van der Waals surface area (Å²) in [4.78, 5) is 15.9. The van der Waals surface area contributed by atoms with Gasteiger partial charge < -0.3 is 5.32 Å². The first-order valence-corrected chi connectivity index (χ1v) is 6.32. The molecule has 6 nitrogen and oxygen atoms in total. The lowest BCUT2D eigenvalue weighted by Crippen LogP contribution is -2.13. The lowest BCUT2D eigenvalue weighted by atomic mass is 10.3. The van der Waals surface area contributed by atoms with Crippen molar-refractivity contribution in [3.63, 3.8) is 0 Å². The standard InChI is InChI=1S/C11H11N5OS/c1-2-3-8-13-9(16-15-8)10(17)14-11-7(6-12)4-5-18-11/h4-5H,2-3H2,1H3,(H,14,17)(H,13,15,16). The van der Waals surface area contributed by atoms with Crippen LogP contribution in [0.1, 0.15) is 35.4 Å². The van der Waals surface area contributed by atoms with Crippen LogP contribution in [-0.4, -0.2) is 21.1 Å². The predicted octanol–water partition coefficient (Wildman–Crippen LogP) is 1.94. The molecule has 2 aromatic heterocycles. The number of anilines is 1. The molecule has 0 bridgehead atoms. The highest BCUT2D eigenvalue weighted by molar-refractivity contribution is 7.14. The number of nitrogens with zero attached hydrogens (tertiary/aromatic N) is 3. The first-order valence-electron chi connectivity index (χ1n) is 5.44. The SMILES string of the molecule is CCCc1nc(C(=O)Nc2sccc2C#N)n[nH]1. The summed E-state index contributed by atoms with van der Waals surface area (Å²) < 4.78 is 0. The van der Waals surface area contributed by atoms with Crippen molar-refractivity contribution in [2.75, 3.05) is 5.32 Å². The van der Waals surface area contributed by atoms with E-state index >= 15 is 0 Å². The summed E-state index contributed by atoms with van der Waals surface area (Å²) in [7, 11) is 0. The molecule has 0 radical (unpaired) electrons. The third kappa shape index (κ3) is 2.55. The number of aryl methyl sites for hydroxylation is 1. The van der Waals surface area contributed by atoms with Gasteiger partial charge in [-0.1, -0.05) is 6.92 Å². The minimum atomic E-state index is -0.410. The molecule has 0 unspecified atom stereocenters.